The van der Waals surface area contributed by atoms with Crippen molar-refractivity contribution in [1.29, 1.82) is 0 Å². The molecule has 1 saturated heterocycles. The van der Waals surface area contributed by atoms with E-state index in [-0.39, 0.29) is 11.2 Å². The zero-order valence-electron chi connectivity index (χ0n) is 15.0. The Kier molecular flexibility index (Phi) is 4.48. The molecule has 1 aliphatic heterocycles. The number of aromatic nitrogens is 5. The van der Waals surface area contributed by atoms with E-state index in [0.717, 1.165) is 31.7 Å². The highest BCUT2D eigenvalue weighted by Gasteiger charge is 2.29. The topological polar surface area (TPSA) is 135 Å². The van der Waals surface area contributed by atoms with Crippen molar-refractivity contribution in [2.75, 3.05) is 35.6 Å². The van der Waals surface area contributed by atoms with Gasteiger partial charge in [0.2, 0.25) is 0 Å². The summed E-state index contributed by atoms with van der Waals surface area (Å²) in [6.07, 6.45) is 5.44. The molecule has 6 N–H and O–H groups in total. The molecule has 1 aliphatic rings. The fourth-order valence-electron chi connectivity index (χ4n) is 3.20. The number of piperidine rings is 1. The highest BCUT2D eigenvalue weighted by molar-refractivity contribution is 6.35. The maximum Gasteiger partial charge on any atom is 0.180 e. The van der Waals surface area contributed by atoms with Gasteiger partial charge >= 0.3 is 0 Å². The molecule has 4 rings (SSSR count). The molecule has 0 aromatic carbocycles. The highest BCUT2D eigenvalue weighted by atomic mass is 35.5. The maximum absolute atomic E-state index is 6.18. The molecule has 3 aromatic rings. The quantitative estimate of drug-likeness (QED) is 0.535. The Bertz CT molecular complexity index is 962. The van der Waals surface area contributed by atoms with E-state index in [1.807, 2.05) is 0 Å². The second kappa shape index (κ2) is 6.82. The van der Waals surface area contributed by atoms with Crippen LogP contribution in [0.25, 0.3) is 11.2 Å². The highest BCUT2D eigenvalue weighted by Crippen LogP contribution is 2.33. The Balaban J connectivity index is 1.56. The van der Waals surface area contributed by atoms with Gasteiger partial charge in [-0.2, -0.15) is 5.10 Å². The second-order valence-electron chi connectivity index (χ2n) is 7.18. The van der Waals surface area contributed by atoms with Crippen LogP contribution in [0.15, 0.2) is 18.5 Å². The van der Waals surface area contributed by atoms with E-state index < -0.39 is 0 Å². The van der Waals surface area contributed by atoms with E-state index >= 15 is 0 Å². The lowest BCUT2D eigenvalue weighted by molar-refractivity contribution is 0.258. The van der Waals surface area contributed by atoms with Gasteiger partial charge in [0.15, 0.2) is 17.0 Å². The predicted octanol–water partition coefficient (Wildman–Crippen LogP) is 2.29. The largest absolute Gasteiger partial charge is 0.382 e. The number of anilines is 4. The molecule has 142 valence electrons. The van der Waals surface area contributed by atoms with E-state index in [2.05, 4.69) is 42.3 Å². The van der Waals surface area contributed by atoms with E-state index in [9.17, 15) is 0 Å². The van der Waals surface area contributed by atoms with Crippen molar-refractivity contribution >= 4 is 45.9 Å². The van der Waals surface area contributed by atoms with Crippen LogP contribution in [-0.4, -0.2) is 44.8 Å². The van der Waals surface area contributed by atoms with Crippen LogP contribution in [0.4, 0.5) is 23.1 Å². The standard InChI is InChI=1S/C17H22ClN9/c1-17(9-19)3-6-27(7-4-17)11-8-22-13-15(25-26-16(13)24-11)23-10-2-5-21-14(20)12(10)18/h2,5,8H,3-4,6-7,9,19H2,1H3,(H4,20,21,23,24,25,26). The molecule has 0 atom stereocenters. The molecule has 0 saturated carbocycles. The lowest BCUT2D eigenvalue weighted by Crippen LogP contribution is -2.42. The molecule has 9 nitrogen and oxygen atoms in total. The summed E-state index contributed by atoms with van der Waals surface area (Å²) in [4.78, 5) is 15.4. The Morgan fingerprint density at radius 1 is 1.33 bits per heavy atom. The molecule has 3 aromatic heterocycles. The molecule has 0 unspecified atom stereocenters. The number of H-pyrrole nitrogens is 1. The second-order valence-corrected chi connectivity index (χ2v) is 7.56. The SMILES string of the molecule is CC1(CN)CCN(c2cnc3c(Nc4ccnc(N)c4Cl)n[nH]c3n2)CC1. The Morgan fingerprint density at radius 2 is 2.11 bits per heavy atom. The van der Waals surface area contributed by atoms with Crippen molar-refractivity contribution in [1.82, 2.24) is 25.1 Å². The van der Waals surface area contributed by atoms with Gasteiger partial charge in [-0.3, -0.25) is 5.10 Å². The average Bonchev–Trinajstić information content (AvgIpc) is 3.08. The van der Waals surface area contributed by atoms with E-state index in [4.69, 9.17) is 23.1 Å². The van der Waals surface area contributed by atoms with Crippen molar-refractivity contribution in [3.8, 4) is 0 Å². The van der Waals surface area contributed by atoms with Crippen molar-refractivity contribution in [3.05, 3.63) is 23.5 Å². The number of halogens is 1. The number of nitrogen functional groups attached to an aromatic ring is 1. The molecule has 0 bridgehead atoms. The van der Waals surface area contributed by atoms with Gasteiger partial charge in [0.05, 0.1) is 11.9 Å². The average molecular weight is 388 g/mol. The van der Waals surface area contributed by atoms with Gasteiger partial charge in [0.25, 0.3) is 0 Å². The molecule has 27 heavy (non-hydrogen) atoms. The van der Waals surface area contributed by atoms with Crippen LogP contribution in [0.2, 0.25) is 5.02 Å². The summed E-state index contributed by atoms with van der Waals surface area (Å²) in [6, 6.07) is 1.73. The molecule has 4 heterocycles. The minimum absolute atomic E-state index is 0.213. The fraction of sp³-hybridized carbons (Fsp3) is 0.412. The molecule has 10 heteroatoms. The third kappa shape index (κ3) is 3.35. The van der Waals surface area contributed by atoms with Crippen LogP contribution in [0.5, 0.6) is 0 Å². The number of nitrogens with zero attached hydrogens (tertiary/aromatic N) is 5. The van der Waals surface area contributed by atoms with Gasteiger partial charge in [-0.05, 0) is 30.9 Å². The minimum Gasteiger partial charge on any atom is -0.382 e. The summed E-state index contributed by atoms with van der Waals surface area (Å²) in [5.74, 6) is 1.62. The first-order valence-corrected chi connectivity index (χ1v) is 9.20. The van der Waals surface area contributed by atoms with Crippen LogP contribution in [0, 0.1) is 5.41 Å². The molecule has 0 spiro atoms. The molecule has 1 fully saturated rings. The fourth-order valence-corrected chi connectivity index (χ4v) is 3.36. The van der Waals surface area contributed by atoms with Crippen LogP contribution in [0.1, 0.15) is 19.8 Å². The Morgan fingerprint density at radius 3 is 2.85 bits per heavy atom. The monoisotopic (exact) mass is 387 g/mol. The first kappa shape index (κ1) is 17.7. The first-order chi connectivity index (χ1) is 13.0. The number of aromatic amines is 1. The normalized spacial score (nSPS) is 16.6. The van der Waals surface area contributed by atoms with Crippen molar-refractivity contribution in [3.63, 3.8) is 0 Å². The molecule has 0 amide bonds. The number of hydrogen-bond acceptors (Lipinski definition) is 8. The summed E-state index contributed by atoms with van der Waals surface area (Å²) >= 11 is 6.18. The van der Waals surface area contributed by atoms with Gasteiger partial charge in [0, 0.05) is 19.3 Å². The van der Waals surface area contributed by atoms with Crippen LogP contribution < -0.4 is 21.7 Å². The van der Waals surface area contributed by atoms with Crippen LogP contribution in [0.3, 0.4) is 0 Å². The summed E-state index contributed by atoms with van der Waals surface area (Å²) in [5, 5.41) is 10.7. The number of rotatable bonds is 4. The zero-order chi connectivity index (χ0) is 19.0. The van der Waals surface area contributed by atoms with E-state index in [1.165, 1.54) is 0 Å². The summed E-state index contributed by atoms with van der Waals surface area (Å²) in [5.41, 5.74) is 13.7. The Labute approximate surface area is 161 Å². The maximum atomic E-state index is 6.18. The van der Waals surface area contributed by atoms with Gasteiger partial charge in [-0.25, -0.2) is 15.0 Å². The smallest absolute Gasteiger partial charge is 0.180 e. The van der Waals surface area contributed by atoms with Crippen molar-refractivity contribution in [2.24, 2.45) is 11.1 Å². The first-order valence-electron chi connectivity index (χ1n) is 8.82. The van der Waals surface area contributed by atoms with E-state index in [1.54, 1.807) is 18.5 Å². The van der Waals surface area contributed by atoms with Crippen LogP contribution >= 0.6 is 11.6 Å². The molecule has 0 radical (unpaired) electrons. The number of nitrogens with one attached hydrogen (secondary N) is 2. The lowest BCUT2D eigenvalue weighted by atomic mass is 9.80. The lowest BCUT2D eigenvalue weighted by Gasteiger charge is -2.39. The van der Waals surface area contributed by atoms with Gasteiger partial charge in [-0.1, -0.05) is 18.5 Å². The van der Waals surface area contributed by atoms with Gasteiger partial charge in [-0.15, -0.1) is 0 Å². The zero-order valence-corrected chi connectivity index (χ0v) is 15.8. The molecule has 0 aliphatic carbocycles. The number of pyridine rings is 1. The van der Waals surface area contributed by atoms with E-state index in [0.29, 0.717) is 34.2 Å². The number of hydrogen-bond donors (Lipinski definition) is 4. The van der Waals surface area contributed by atoms with Crippen LogP contribution in [-0.2, 0) is 0 Å². The molecular formula is C17H22ClN9. The van der Waals surface area contributed by atoms with Gasteiger partial charge < -0.3 is 21.7 Å². The molecular weight excluding hydrogens is 366 g/mol. The van der Waals surface area contributed by atoms with Crippen molar-refractivity contribution in [2.45, 2.75) is 19.8 Å². The Hall–Kier alpha value is -2.65. The number of nitrogens with two attached hydrogens (primary N) is 2. The minimum atomic E-state index is 0.213. The third-order valence-corrected chi connectivity index (χ3v) is 5.61. The number of fused-ring (bicyclic) bond motifs is 1. The summed E-state index contributed by atoms with van der Waals surface area (Å²) in [6.45, 7) is 4.78. The summed E-state index contributed by atoms with van der Waals surface area (Å²) in [7, 11) is 0. The van der Waals surface area contributed by atoms with Gasteiger partial charge in [0.1, 0.15) is 16.7 Å². The summed E-state index contributed by atoms with van der Waals surface area (Å²) < 4.78 is 0. The predicted molar refractivity (Wildman–Crippen MR) is 107 cm³/mol. The van der Waals surface area contributed by atoms with Crippen molar-refractivity contribution < 1.29 is 0 Å². The third-order valence-electron chi connectivity index (χ3n) is 5.21.